The number of nitrogens with zero attached hydrogens (tertiary/aromatic N) is 3. The molecule has 5 atom stereocenters. The fourth-order valence-electron chi connectivity index (χ4n) is 5.67. The molecule has 0 aliphatic heterocycles. The van der Waals surface area contributed by atoms with Crippen molar-refractivity contribution in [3.05, 3.63) is 54.4 Å². The molecular formula is C25H25FN4O2. The second-order valence-electron chi connectivity index (χ2n) is 9.48. The molecule has 32 heavy (non-hydrogen) atoms. The van der Waals surface area contributed by atoms with Crippen LogP contribution in [0.1, 0.15) is 31.4 Å². The summed E-state index contributed by atoms with van der Waals surface area (Å²) in [5.41, 5.74) is 1.56. The largest absolute Gasteiger partial charge is 0.490 e. The lowest BCUT2D eigenvalue weighted by Gasteiger charge is -2.22. The van der Waals surface area contributed by atoms with Gasteiger partial charge in [-0.3, -0.25) is 14.8 Å². The molecule has 0 radical (unpaired) electrons. The molecule has 1 amide bonds. The fraction of sp³-hybridized carbons (Fsp3) is 0.440. The number of ether oxygens (including phenoxy) is 1. The Morgan fingerprint density at radius 1 is 1.12 bits per heavy atom. The van der Waals surface area contributed by atoms with Gasteiger partial charge in [0.05, 0.1) is 29.7 Å². The van der Waals surface area contributed by atoms with Crippen LogP contribution in [-0.2, 0) is 4.79 Å². The summed E-state index contributed by atoms with van der Waals surface area (Å²) in [6, 6.07) is 6.39. The number of hydrogen-bond donors (Lipinski definition) is 1. The number of halogens is 1. The number of pyridine rings is 1. The van der Waals surface area contributed by atoms with Crippen LogP contribution in [0, 0.1) is 42.3 Å². The zero-order chi connectivity index (χ0) is 21.8. The molecule has 6 nitrogen and oxygen atoms in total. The molecule has 3 aliphatic carbocycles. The number of fused-ring (bicyclic) bond motifs is 2. The Balaban J connectivity index is 1.12. The smallest absolute Gasteiger partial charge is 0.229 e. The first kappa shape index (κ1) is 19.6. The first-order chi connectivity index (χ1) is 15.6. The minimum Gasteiger partial charge on any atom is -0.490 e. The third kappa shape index (κ3) is 3.59. The van der Waals surface area contributed by atoms with Gasteiger partial charge in [0.1, 0.15) is 11.6 Å². The highest BCUT2D eigenvalue weighted by molar-refractivity contribution is 5.92. The van der Waals surface area contributed by atoms with E-state index in [1.165, 1.54) is 12.1 Å². The topological polar surface area (TPSA) is 77.0 Å². The average molecular weight is 432 g/mol. The number of nitrogens with one attached hydrogen (secondary N) is 1. The Bertz CT molecular complexity index is 1170. The molecule has 0 saturated heterocycles. The predicted octanol–water partition coefficient (Wildman–Crippen LogP) is 4.54. The quantitative estimate of drug-likeness (QED) is 0.619. The van der Waals surface area contributed by atoms with Gasteiger partial charge in [0, 0.05) is 17.5 Å². The third-order valence-corrected chi connectivity index (χ3v) is 7.30. The lowest BCUT2D eigenvalue weighted by molar-refractivity contribution is -0.121. The summed E-state index contributed by atoms with van der Waals surface area (Å²) in [5.74, 6) is 2.99. The van der Waals surface area contributed by atoms with Gasteiger partial charge in [0.2, 0.25) is 5.91 Å². The first-order valence-electron chi connectivity index (χ1n) is 11.4. The normalized spacial score (nSPS) is 27.1. The minimum atomic E-state index is -0.291. The predicted molar refractivity (Wildman–Crippen MR) is 117 cm³/mol. The van der Waals surface area contributed by atoms with Gasteiger partial charge in [0.15, 0.2) is 5.82 Å². The standard InChI is InChI=1S/C25H25FN4O2/c1-13-11-29-22(12-28-13)30-25(31)23(14-2-3-14)24-17-9-16(10-18(17)24)32-21-6-7-27-20-5-4-15(26)8-19(20)21/h4-8,11-12,14,16-18,23-24H,2-3,9-10H2,1H3,(H,29,30,31)/t16?,17-,18+,23?,24?. The fourth-order valence-corrected chi connectivity index (χ4v) is 5.67. The van der Waals surface area contributed by atoms with E-state index in [-0.39, 0.29) is 23.7 Å². The van der Waals surface area contributed by atoms with Gasteiger partial charge in [-0.15, -0.1) is 0 Å². The average Bonchev–Trinajstić information content (AvgIpc) is 3.69. The molecule has 2 aromatic heterocycles. The molecular weight excluding hydrogens is 407 g/mol. The zero-order valence-corrected chi connectivity index (χ0v) is 17.9. The molecule has 7 heteroatoms. The van der Waals surface area contributed by atoms with E-state index in [1.807, 2.05) is 13.0 Å². The molecule has 3 unspecified atom stereocenters. The van der Waals surface area contributed by atoms with Crippen molar-refractivity contribution in [1.29, 1.82) is 0 Å². The molecule has 3 aromatic rings. The number of carbonyl (C=O) groups is 1. The third-order valence-electron chi connectivity index (χ3n) is 7.30. The van der Waals surface area contributed by atoms with Crippen LogP contribution in [0.15, 0.2) is 42.9 Å². The number of aromatic nitrogens is 3. The number of amides is 1. The maximum absolute atomic E-state index is 13.7. The molecule has 0 bridgehead atoms. The van der Waals surface area contributed by atoms with Crippen molar-refractivity contribution >= 4 is 22.6 Å². The lowest BCUT2D eigenvalue weighted by Crippen LogP contribution is -2.29. The molecule has 1 N–H and O–H groups in total. The molecule has 3 saturated carbocycles. The van der Waals surface area contributed by atoms with Gasteiger partial charge in [-0.2, -0.15) is 0 Å². The molecule has 3 fully saturated rings. The summed E-state index contributed by atoms with van der Waals surface area (Å²) >= 11 is 0. The molecule has 0 spiro atoms. The van der Waals surface area contributed by atoms with Gasteiger partial charge < -0.3 is 10.1 Å². The molecule has 3 aliphatic rings. The molecule has 164 valence electrons. The number of aryl methyl sites for hydroxylation is 1. The van der Waals surface area contributed by atoms with Gasteiger partial charge in [-0.1, -0.05) is 0 Å². The molecule has 2 heterocycles. The van der Waals surface area contributed by atoms with Crippen molar-refractivity contribution in [2.75, 3.05) is 5.32 Å². The van der Waals surface area contributed by atoms with Crippen molar-refractivity contribution in [1.82, 2.24) is 15.0 Å². The minimum absolute atomic E-state index is 0.0462. The van der Waals surface area contributed by atoms with E-state index < -0.39 is 0 Å². The van der Waals surface area contributed by atoms with Crippen LogP contribution in [0.4, 0.5) is 10.2 Å². The zero-order valence-electron chi connectivity index (χ0n) is 17.9. The number of benzene rings is 1. The van der Waals surface area contributed by atoms with E-state index in [4.69, 9.17) is 4.74 Å². The second kappa shape index (κ2) is 7.50. The Morgan fingerprint density at radius 3 is 2.66 bits per heavy atom. The number of rotatable bonds is 6. The van der Waals surface area contributed by atoms with E-state index in [0.717, 1.165) is 36.9 Å². The summed E-state index contributed by atoms with van der Waals surface area (Å²) in [5, 5.41) is 3.70. The number of anilines is 1. The Hall–Kier alpha value is -3.09. The highest BCUT2D eigenvalue weighted by Gasteiger charge is 2.63. The Labute approximate surface area is 185 Å². The summed E-state index contributed by atoms with van der Waals surface area (Å²) < 4.78 is 20.0. The van der Waals surface area contributed by atoms with Crippen molar-refractivity contribution in [2.24, 2.45) is 29.6 Å². The highest BCUT2D eigenvalue weighted by atomic mass is 19.1. The molecule has 6 rings (SSSR count). The highest BCUT2D eigenvalue weighted by Crippen LogP contribution is 2.64. The van der Waals surface area contributed by atoms with E-state index in [0.29, 0.717) is 40.6 Å². The van der Waals surface area contributed by atoms with E-state index >= 15 is 0 Å². The maximum atomic E-state index is 13.7. The molecule has 1 aromatic carbocycles. The van der Waals surface area contributed by atoms with E-state index in [9.17, 15) is 9.18 Å². The summed E-state index contributed by atoms with van der Waals surface area (Å²) in [6.07, 6.45) is 9.23. The first-order valence-corrected chi connectivity index (χ1v) is 11.4. The maximum Gasteiger partial charge on any atom is 0.229 e. The van der Waals surface area contributed by atoms with Crippen molar-refractivity contribution in [3.8, 4) is 5.75 Å². The van der Waals surface area contributed by atoms with Crippen molar-refractivity contribution in [2.45, 2.75) is 38.7 Å². The second-order valence-corrected chi connectivity index (χ2v) is 9.48. The van der Waals surface area contributed by atoms with Crippen LogP contribution in [-0.4, -0.2) is 27.0 Å². The monoisotopic (exact) mass is 432 g/mol. The summed E-state index contributed by atoms with van der Waals surface area (Å²) in [7, 11) is 0. The van der Waals surface area contributed by atoms with Crippen LogP contribution < -0.4 is 10.1 Å². The van der Waals surface area contributed by atoms with E-state index in [1.54, 1.807) is 24.7 Å². The van der Waals surface area contributed by atoms with Gasteiger partial charge >= 0.3 is 0 Å². The number of carbonyl (C=O) groups excluding carboxylic acids is 1. The van der Waals surface area contributed by atoms with Crippen molar-refractivity contribution in [3.63, 3.8) is 0 Å². The Kier molecular flexibility index (Phi) is 4.59. The van der Waals surface area contributed by atoms with Gasteiger partial charge in [-0.25, -0.2) is 9.37 Å². The lowest BCUT2D eigenvalue weighted by atomic mass is 9.91. The number of hydrogen-bond acceptors (Lipinski definition) is 5. The van der Waals surface area contributed by atoms with Crippen LogP contribution in [0.5, 0.6) is 5.75 Å². The van der Waals surface area contributed by atoms with Crippen LogP contribution in [0.25, 0.3) is 10.9 Å². The van der Waals surface area contributed by atoms with Gasteiger partial charge in [0.25, 0.3) is 0 Å². The van der Waals surface area contributed by atoms with Crippen LogP contribution >= 0.6 is 0 Å². The summed E-state index contributed by atoms with van der Waals surface area (Å²) in [6.45, 7) is 1.88. The van der Waals surface area contributed by atoms with Crippen LogP contribution in [0.3, 0.4) is 0 Å². The van der Waals surface area contributed by atoms with Crippen molar-refractivity contribution < 1.29 is 13.9 Å². The van der Waals surface area contributed by atoms with Crippen LogP contribution in [0.2, 0.25) is 0 Å². The Morgan fingerprint density at radius 2 is 1.94 bits per heavy atom. The SMILES string of the molecule is Cc1cnc(NC(=O)C(C2CC2)C2[C@H]3CC(Oc4ccnc5ccc(F)cc45)C[C@@H]23)cn1. The summed E-state index contributed by atoms with van der Waals surface area (Å²) in [4.78, 5) is 25.9. The van der Waals surface area contributed by atoms with Gasteiger partial charge in [-0.05, 0) is 80.5 Å². The van der Waals surface area contributed by atoms with E-state index in [2.05, 4.69) is 20.3 Å².